The summed E-state index contributed by atoms with van der Waals surface area (Å²) in [4.78, 5) is 44.2. The van der Waals surface area contributed by atoms with Crippen molar-refractivity contribution in [1.29, 1.82) is 0 Å². The molecule has 0 aliphatic carbocycles. The van der Waals surface area contributed by atoms with E-state index >= 15 is 0 Å². The van der Waals surface area contributed by atoms with E-state index in [0.29, 0.717) is 12.3 Å². The van der Waals surface area contributed by atoms with Gasteiger partial charge in [0.2, 0.25) is 17.7 Å². The van der Waals surface area contributed by atoms with Crippen LogP contribution in [0.4, 0.5) is 0 Å². The molecule has 8 heteroatoms. The molecule has 3 N–H and O–H groups in total. The van der Waals surface area contributed by atoms with Crippen molar-refractivity contribution in [3.8, 4) is 5.75 Å². The molecule has 0 radical (unpaired) electrons. The predicted octanol–water partition coefficient (Wildman–Crippen LogP) is 2.82. The summed E-state index contributed by atoms with van der Waals surface area (Å²) >= 11 is 0. The van der Waals surface area contributed by atoms with Crippen molar-refractivity contribution in [3.05, 3.63) is 29.5 Å². The second-order valence-corrected chi connectivity index (χ2v) is 9.86. The van der Waals surface area contributed by atoms with Crippen molar-refractivity contribution >= 4 is 28.6 Å². The third-order valence-corrected chi connectivity index (χ3v) is 6.52. The van der Waals surface area contributed by atoms with E-state index < -0.39 is 12.1 Å². The third kappa shape index (κ3) is 4.43. The number of rotatable bonds is 7. The summed E-state index contributed by atoms with van der Waals surface area (Å²) in [5, 5.41) is 6.80. The Bertz CT molecular complexity index is 1070. The first kappa shape index (κ1) is 23.1. The van der Waals surface area contributed by atoms with Gasteiger partial charge >= 0.3 is 0 Å². The maximum absolute atomic E-state index is 13.6. The van der Waals surface area contributed by atoms with Crippen LogP contribution in [0.3, 0.4) is 0 Å². The lowest BCUT2D eigenvalue weighted by Crippen LogP contribution is -2.66. The minimum atomic E-state index is -0.688. The molecule has 0 saturated carbocycles. The number of aromatic amines is 1. The van der Waals surface area contributed by atoms with Crippen LogP contribution in [0.15, 0.2) is 18.2 Å². The SMILES string of the molecule is COc1ccc2c3c([nH]c2c1)[C@H](CC(C)C)N1C(=O)[C@H](CCC(=O)NC(C)C)NC(=O)[C@@H]1C3. The van der Waals surface area contributed by atoms with Crippen LogP contribution >= 0.6 is 0 Å². The molecule has 1 saturated heterocycles. The smallest absolute Gasteiger partial charge is 0.246 e. The average molecular weight is 455 g/mol. The van der Waals surface area contributed by atoms with Crippen molar-refractivity contribution < 1.29 is 19.1 Å². The molecule has 3 atom stereocenters. The van der Waals surface area contributed by atoms with Gasteiger partial charge in [-0.3, -0.25) is 14.4 Å². The Kier molecular flexibility index (Phi) is 6.36. The fraction of sp³-hybridized carbons (Fsp3) is 0.560. The van der Waals surface area contributed by atoms with Gasteiger partial charge in [-0.2, -0.15) is 0 Å². The van der Waals surface area contributed by atoms with E-state index in [0.717, 1.165) is 34.3 Å². The number of H-pyrrole nitrogens is 1. The summed E-state index contributed by atoms with van der Waals surface area (Å²) in [6.07, 6.45) is 1.69. The highest BCUT2D eigenvalue weighted by molar-refractivity contribution is 5.99. The van der Waals surface area contributed by atoms with Crippen LogP contribution in [0.5, 0.6) is 5.75 Å². The summed E-state index contributed by atoms with van der Waals surface area (Å²) in [5.74, 6) is 0.720. The van der Waals surface area contributed by atoms with Crippen LogP contribution in [0, 0.1) is 5.92 Å². The van der Waals surface area contributed by atoms with Crippen LogP contribution in [-0.4, -0.2) is 52.8 Å². The zero-order valence-electron chi connectivity index (χ0n) is 20.0. The first-order valence-corrected chi connectivity index (χ1v) is 11.8. The lowest BCUT2D eigenvalue weighted by atomic mass is 9.85. The first-order chi connectivity index (χ1) is 15.7. The quantitative estimate of drug-likeness (QED) is 0.598. The van der Waals surface area contributed by atoms with Crippen LogP contribution in [0.2, 0.25) is 0 Å². The Morgan fingerprint density at radius 1 is 1.24 bits per heavy atom. The first-order valence-electron chi connectivity index (χ1n) is 11.8. The fourth-order valence-corrected chi connectivity index (χ4v) is 5.11. The molecule has 0 unspecified atom stereocenters. The van der Waals surface area contributed by atoms with E-state index in [1.165, 1.54) is 0 Å². The molecule has 1 fully saturated rings. The number of piperazine rings is 1. The Hall–Kier alpha value is -3.03. The van der Waals surface area contributed by atoms with Gasteiger partial charge in [-0.15, -0.1) is 0 Å². The molecule has 2 aliphatic heterocycles. The fourth-order valence-electron chi connectivity index (χ4n) is 5.11. The third-order valence-electron chi connectivity index (χ3n) is 6.52. The van der Waals surface area contributed by atoms with Gasteiger partial charge in [0.15, 0.2) is 0 Å². The molecule has 0 spiro atoms. The molecular weight excluding hydrogens is 420 g/mol. The number of hydrogen-bond acceptors (Lipinski definition) is 4. The Morgan fingerprint density at radius 2 is 2.00 bits per heavy atom. The molecule has 3 heterocycles. The van der Waals surface area contributed by atoms with Crippen molar-refractivity contribution in [1.82, 2.24) is 20.5 Å². The molecule has 1 aromatic heterocycles. The number of ether oxygens (including phenoxy) is 1. The number of nitrogens with one attached hydrogen (secondary N) is 3. The van der Waals surface area contributed by atoms with E-state index in [4.69, 9.17) is 4.74 Å². The molecule has 178 valence electrons. The van der Waals surface area contributed by atoms with Crippen molar-refractivity contribution in [3.63, 3.8) is 0 Å². The van der Waals surface area contributed by atoms with Gasteiger partial charge in [0.1, 0.15) is 17.8 Å². The minimum absolute atomic E-state index is 0.0371. The summed E-state index contributed by atoms with van der Waals surface area (Å²) in [5.41, 5.74) is 3.04. The highest BCUT2D eigenvalue weighted by atomic mass is 16.5. The van der Waals surface area contributed by atoms with E-state index in [9.17, 15) is 14.4 Å². The van der Waals surface area contributed by atoms with Crippen molar-refractivity contribution in [2.45, 2.75) is 77.5 Å². The number of aromatic nitrogens is 1. The number of amides is 3. The van der Waals surface area contributed by atoms with Crippen LogP contribution in [0.1, 0.15) is 64.3 Å². The Balaban J connectivity index is 1.67. The summed E-state index contributed by atoms with van der Waals surface area (Å²) < 4.78 is 5.38. The Morgan fingerprint density at radius 3 is 2.67 bits per heavy atom. The van der Waals surface area contributed by atoms with Gasteiger partial charge in [-0.1, -0.05) is 13.8 Å². The topological polar surface area (TPSA) is 104 Å². The number of carbonyl (C=O) groups is 3. The van der Waals surface area contributed by atoms with E-state index in [1.54, 1.807) is 12.0 Å². The normalized spacial score (nSPS) is 22.4. The molecule has 1 aromatic carbocycles. The molecule has 3 amide bonds. The number of carbonyl (C=O) groups excluding carboxylic acids is 3. The monoisotopic (exact) mass is 454 g/mol. The molecule has 8 nitrogen and oxygen atoms in total. The number of fused-ring (bicyclic) bond motifs is 4. The maximum atomic E-state index is 13.6. The van der Waals surface area contributed by atoms with Gasteiger partial charge in [-0.25, -0.2) is 0 Å². The van der Waals surface area contributed by atoms with Gasteiger partial charge in [0, 0.05) is 41.5 Å². The zero-order chi connectivity index (χ0) is 23.9. The van der Waals surface area contributed by atoms with Crippen molar-refractivity contribution in [2.75, 3.05) is 7.11 Å². The maximum Gasteiger partial charge on any atom is 0.246 e. The number of hydrogen-bond donors (Lipinski definition) is 3. The number of nitrogens with zero attached hydrogens (tertiary/aromatic N) is 1. The summed E-state index contributed by atoms with van der Waals surface area (Å²) in [7, 11) is 1.64. The highest BCUT2D eigenvalue weighted by Crippen LogP contribution is 2.42. The highest BCUT2D eigenvalue weighted by Gasteiger charge is 2.48. The van der Waals surface area contributed by atoms with Gasteiger partial charge < -0.3 is 25.3 Å². The van der Waals surface area contributed by atoms with E-state index in [-0.39, 0.29) is 42.6 Å². The Labute approximate surface area is 194 Å². The van der Waals surface area contributed by atoms with E-state index in [2.05, 4.69) is 29.5 Å². The minimum Gasteiger partial charge on any atom is -0.497 e. The van der Waals surface area contributed by atoms with Gasteiger partial charge in [0.25, 0.3) is 0 Å². The second-order valence-electron chi connectivity index (χ2n) is 9.86. The standard InChI is InChI=1S/C25H34N4O4/c1-13(2)10-20-23-17(16-7-6-15(33-5)11-19(16)27-23)12-21-24(31)28-18(25(32)29(20)21)8-9-22(30)26-14(3)4/h6-7,11,13-14,18,20-21,27H,8-10,12H2,1-5H3,(H,26,30)(H,28,31)/t18-,20-,21-/m0/s1. The van der Waals surface area contributed by atoms with E-state index in [1.807, 2.05) is 32.0 Å². The zero-order valence-corrected chi connectivity index (χ0v) is 20.0. The average Bonchev–Trinajstić information content (AvgIpc) is 3.12. The van der Waals surface area contributed by atoms with Crippen LogP contribution < -0.4 is 15.4 Å². The van der Waals surface area contributed by atoms with Crippen LogP contribution in [-0.2, 0) is 20.8 Å². The lowest BCUT2D eigenvalue weighted by molar-refractivity contribution is -0.154. The molecule has 4 rings (SSSR count). The van der Waals surface area contributed by atoms with Gasteiger partial charge in [0.05, 0.1) is 13.2 Å². The molecule has 2 aromatic rings. The molecule has 33 heavy (non-hydrogen) atoms. The molecule has 0 bridgehead atoms. The lowest BCUT2D eigenvalue weighted by Gasteiger charge is -2.46. The number of methoxy groups -OCH3 is 1. The van der Waals surface area contributed by atoms with Crippen LogP contribution in [0.25, 0.3) is 10.9 Å². The van der Waals surface area contributed by atoms with Crippen molar-refractivity contribution in [2.24, 2.45) is 5.92 Å². The molecular formula is C25H34N4O4. The number of benzene rings is 1. The largest absolute Gasteiger partial charge is 0.497 e. The second kappa shape index (κ2) is 9.08. The summed E-state index contributed by atoms with van der Waals surface area (Å²) in [6, 6.07) is 4.48. The predicted molar refractivity (Wildman–Crippen MR) is 126 cm³/mol. The molecule has 2 aliphatic rings. The van der Waals surface area contributed by atoms with Gasteiger partial charge in [-0.05, 0) is 50.3 Å². The summed E-state index contributed by atoms with van der Waals surface area (Å²) in [6.45, 7) is 8.04.